The Kier molecular flexibility index (Phi) is 5.72. The summed E-state index contributed by atoms with van der Waals surface area (Å²) >= 11 is 1.30. The minimum absolute atomic E-state index is 0.0673. The topological polar surface area (TPSA) is 15.7 Å². The van der Waals surface area contributed by atoms with E-state index in [-0.39, 0.29) is 10.7 Å². The van der Waals surface area contributed by atoms with Crippen LogP contribution in [0.25, 0.3) is 0 Å². The van der Waals surface area contributed by atoms with Gasteiger partial charge in [-0.2, -0.15) is 4.39 Å². The summed E-state index contributed by atoms with van der Waals surface area (Å²) in [5, 5.41) is -0.0673. The lowest BCUT2D eigenvalue weighted by molar-refractivity contribution is 0.0289. The molecule has 2 aliphatic heterocycles. The van der Waals surface area contributed by atoms with Crippen molar-refractivity contribution >= 4 is 11.3 Å². The highest BCUT2D eigenvalue weighted by atomic mass is 32.1. The van der Waals surface area contributed by atoms with Gasteiger partial charge in [-0.1, -0.05) is 12.2 Å². The number of hydrogen-bond acceptors (Lipinski definition) is 4. The fourth-order valence-electron chi connectivity index (χ4n) is 5.00. The largest absolute Gasteiger partial charge is 0.380 e. The first-order valence-corrected chi connectivity index (χ1v) is 11.2. The van der Waals surface area contributed by atoms with Gasteiger partial charge in [0.25, 0.3) is 0 Å². The van der Waals surface area contributed by atoms with E-state index in [0.717, 1.165) is 32.6 Å². The maximum absolute atomic E-state index is 13.3. The molecule has 4 atom stereocenters. The normalized spacial score (nSPS) is 33.1. The predicted octanol–water partition coefficient (Wildman–Crippen LogP) is 4.61. The summed E-state index contributed by atoms with van der Waals surface area (Å²) in [5.41, 5.74) is 0.141. The van der Waals surface area contributed by atoms with Crippen molar-refractivity contribution in [2.75, 3.05) is 19.8 Å². The Labute approximate surface area is 166 Å². The lowest BCUT2D eigenvalue weighted by Crippen LogP contribution is -2.50. The molecule has 3 aliphatic rings. The van der Waals surface area contributed by atoms with Crippen molar-refractivity contribution in [2.45, 2.75) is 69.6 Å². The number of likely N-dealkylation sites (tertiary alicyclic amines) is 1. The first-order valence-electron chi connectivity index (χ1n) is 10.3. The van der Waals surface area contributed by atoms with Crippen LogP contribution in [-0.4, -0.2) is 53.2 Å². The van der Waals surface area contributed by atoms with Crippen molar-refractivity contribution in [3.63, 3.8) is 0 Å². The van der Waals surface area contributed by atoms with Crippen LogP contribution in [0.15, 0.2) is 36.6 Å². The molecule has 4 unspecified atom stereocenters. The molecule has 3 heterocycles. The monoisotopic (exact) mass is 390 g/mol. The molecule has 3 nitrogen and oxygen atoms in total. The molecule has 4 rings (SSSR count). The van der Waals surface area contributed by atoms with Crippen molar-refractivity contribution in [1.82, 2.24) is 9.80 Å². The van der Waals surface area contributed by atoms with Gasteiger partial charge in [0.2, 0.25) is 0 Å². The Bertz CT molecular complexity index is 702. The minimum Gasteiger partial charge on any atom is -0.380 e. The third-order valence-corrected chi connectivity index (χ3v) is 7.39. The van der Waals surface area contributed by atoms with Crippen LogP contribution in [0.2, 0.25) is 0 Å². The molecule has 0 spiro atoms. The summed E-state index contributed by atoms with van der Waals surface area (Å²) in [4.78, 5) is 6.43. The maximum atomic E-state index is 13.3. The van der Waals surface area contributed by atoms with Gasteiger partial charge in [-0.15, -0.1) is 11.3 Å². The van der Waals surface area contributed by atoms with Crippen molar-refractivity contribution in [1.29, 1.82) is 0 Å². The zero-order chi connectivity index (χ0) is 18.9. The molecule has 148 valence electrons. The zero-order valence-electron chi connectivity index (χ0n) is 16.4. The number of rotatable bonds is 8. The second-order valence-corrected chi connectivity index (χ2v) is 9.23. The van der Waals surface area contributed by atoms with E-state index in [0.29, 0.717) is 18.1 Å². The van der Waals surface area contributed by atoms with Gasteiger partial charge in [0, 0.05) is 23.6 Å². The second-order valence-electron chi connectivity index (χ2n) is 8.11. The Morgan fingerprint density at radius 1 is 1.33 bits per heavy atom. The Hall–Kier alpha value is -1.17. The fraction of sp³-hybridized carbons (Fsp3) is 0.636. The van der Waals surface area contributed by atoms with Gasteiger partial charge in [-0.05, 0) is 76.9 Å². The van der Waals surface area contributed by atoms with Crippen molar-refractivity contribution in [2.24, 2.45) is 0 Å². The van der Waals surface area contributed by atoms with Crippen LogP contribution < -0.4 is 0 Å². The lowest BCUT2D eigenvalue weighted by atomic mass is 10.1. The number of hydrogen-bond donors (Lipinski definition) is 0. The van der Waals surface area contributed by atoms with E-state index in [4.69, 9.17) is 4.74 Å². The molecular formula is C22H31FN2OS. The molecule has 1 saturated heterocycles. The van der Waals surface area contributed by atoms with Gasteiger partial charge in [-0.3, -0.25) is 4.90 Å². The van der Waals surface area contributed by atoms with Gasteiger partial charge in [-0.25, -0.2) is 0 Å². The van der Waals surface area contributed by atoms with E-state index in [9.17, 15) is 4.39 Å². The summed E-state index contributed by atoms with van der Waals surface area (Å²) in [7, 11) is 0. The highest BCUT2D eigenvalue weighted by Gasteiger charge is 2.62. The van der Waals surface area contributed by atoms with E-state index < -0.39 is 0 Å². The number of ether oxygens (including phenoxy) is 1. The Morgan fingerprint density at radius 2 is 2.22 bits per heavy atom. The molecule has 0 radical (unpaired) electrons. The SMILES string of the molecule is CCOCC1(N2CCCC2CCc2ccc(F)s2)CC1N1C=CC=CC1C. The Morgan fingerprint density at radius 3 is 2.96 bits per heavy atom. The molecule has 0 aromatic carbocycles. The summed E-state index contributed by atoms with van der Waals surface area (Å²) in [6, 6.07) is 5.10. The molecule has 0 N–H and O–H groups in total. The van der Waals surface area contributed by atoms with E-state index >= 15 is 0 Å². The molecule has 1 aromatic heterocycles. The van der Waals surface area contributed by atoms with Gasteiger partial charge < -0.3 is 9.64 Å². The van der Waals surface area contributed by atoms with Gasteiger partial charge in [0.15, 0.2) is 5.13 Å². The molecule has 0 amide bonds. The van der Waals surface area contributed by atoms with Gasteiger partial charge >= 0.3 is 0 Å². The molecule has 5 heteroatoms. The molecule has 0 bridgehead atoms. The standard InChI is InChI=1S/C22H31FN2OS/c1-3-26-16-22(15-20(22)24-13-5-4-7-17(24)2)25-14-6-8-18(25)9-10-19-11-12-21(23)27-19/h4-5,7,11-13,17-18,20H,3,6,8-10,14-16H2,1-2H3. The van der Waals surface area contributed by atoms with E-state index in [1.165, 1.54) is 35.5 Å². The molecule has 1 aliphatic carbocycles. The summed E-state index contributed by atoms with van der Waals surface area (Å²) in [6.07, 6.45) is 14.6. The van der Waals surface area contributed by atoms with Gasteiger partial charge in [0.05, 0.1) is 18.2 Å². The smallest absolute Gasteiger partial charge is 0.176 e. The first-order chi connectivity index (χ1) is 13.1. The lowest BCUT2D eigenvalue weighted by Gasteiger charge is -2.38. The number of thiophene rings is 1. The summed E-state index contributed by atoms with van der Waals surface area (Å²) < 4.78 is 19.3. The number of halogens is 1. The summed E-state index contributed by atoms with van der Waals surface area (Å²) in [5.74, 6) is 0. The van der Waals surface area contributed by atoms with Crippen LogP contribution in [0.4, 0.5) is 4.39 Å². The fourth-order valence-corrected chi connectivity index (χ4v) is 5.74. The van der Waals surface area contributed by atoms with Crippen LogP contribution in [0.5, 0.6) is 0 Å². The highest BCUT2D eigenvalue weighted by molar-refractivity contribution is 7.10. The van der Waals surface area contributed by atoms with Crippen molar-refractivity contribution in [3.8, 4) is 0 Å². The summed E-state index contributed by atoms with van der Waals surface area (Å²) in [6.45, 7) is 7.11. The second kappa shape index (κ2) is 8.06. The number of nitrogens with zero attached hydrogens (tertiary/aromatic N) is 2. The molecule has 27 heavy (non-hydrogen) atoms. The average molecular weight is 391 g/mol. The molecular weight excluding hydrogens is 359 g/mol. The molecule has 1 aromatic rings. The predicted molar refractivity (Wildman–Crippen MR) is 110 cm³/mol. The van der Waals surface area contributed by atoms with Crippen LogP contribution in [0.1, 0.15) is 44.4 Å². The van der Waals surface area contributed by atoms with E-state index in [1.54, 1.807) is 6.07 Å². The Balaban J connectivity index is 1.46. The minimum atomic E-state index is -0.0673. The maximum Gasteiger partial charge on any atom is 0.176 e. The molecule has 2 fully saturated rings. The van der Waals surface area contributed by atoms with Crippen LogP contribution in [0, 0.1) is 5.13 Å². The van der Waals surface area contributed by atoms with Crippen LogP contribution in [0.3, 0.4) is 0 Å². The number of aryl methyl sites for hydroxylation is 1. The molecule has 1 saturated carbocycles. The zero-order valence-corrected chi connectivity index (χ0v) is 17.3. The first kappa shape index (κ1) is 19.2. The van der Waals surface area contributed by atoms with E-state index in [1.807, 2.05) is 6.07 Å². The highest BCUT2D eigenvalue weighted by Crippen LogP contribution is 2.50. The third-order valence-electron chi connectivity index (χ3n) is 6.45. The quantitative estimate of drug-likeness (QED) is 0.645. The number of allylic oxidation sites excluding steroid dienone is 2. The van der Waals surface area contributed by atoms with Crippen molar-refractivity contribution in [3.05, 3.63) is 46.6 Å². The average Bonchev–Trinajstić information content (AvgIpc) is 2.99. The third kappa shape index (κ3) is 3.87. The van der Waals surface area contributed by atoms with Gasteiger partial charge in [0.1, 0.15) is 0 Å². The van der Waals surface area contributed by atoms with Crippen LogP contribution in [-0.2, 0) is 11.2 Å². The van der Waals surface area contributed by atoms with Crippen LogP contribution >= 0.6 is 11.3 Å². The van der Waals surface area contributed by atoms with E-state index in [2.05, 4.69) is 48.1 Å². The van der Waals surface area contributed by atoms with Crippen molar-refractivity contribution < 1.29 is 9.13 Å².